The number of ether oxygens (including phenoxy) is 1. The highest BCUT2D eigenvalue weighted by molar-refractivity contribution is 6.33. The number of methoxy groups -OCH3 is 1. The Balaban J connectivity index is 1.95. The molecule has 1 fully saturated rings. The molecule has 1 heterocycles. The van der Waals surface area contributed by atoms with Crippen molar-refractivity contribution < 1.29 is 24.0 Å². The number of hydrogen-bond donors (Lipinski definition) is 1. The van der Waals surface area contributed by atoms with Crippen LogP contribution in [0.4, 0.5) is 21.9 Å². The van der Waals surface area contributed by atoms with Crippen LogP contribution in [0.2, 0.25) is 0 Å². The van der Waals surface area contributed by atoms with Gasteiger partial charge in [-0.1, -0.05) is 18.2 Å². The van der Waals surface area contributed by atoms with E-state index in [1.54, 1.807) is 25.1 Å². The Kier molecular flexibility index (Phi) is 5.35. The highest BCUT2D eigenvalue weighted by Crippen LogP contribution is 2.30. The van der Waals surface area contributed by atoms with Crippen LogP contribution >= 0.6 is 0 Å². The van der Waals surface area contributed by atoms with Crippen LogP contribution in [-0.4, -0.2) is 36.1 Å². The number of anilines is 1. The zero-order chi connectivity index (χ0) is 21.1. The third-order valence-corrected chi connectivity index (χ3v) is 4.29. The molecule has 2 aromatic carbocycles. The van der Waals surface area contributed by atoms with Gasteiger partial charge in [0, 0.05) is 18.3 Å². The second-order valence-corrected chi connectivity index (χ2v) is 6.12. The van der Waals surface area contributed by atoms with Crippen LogP contribution in [0, 0.1) is 23.0 Å². The normalized spacial score (nSPS) is 16.8. The molecule has 0 aliphatic carbocycles. The largest absolute Gasteiger partial charge is 0.495 e. The number of nitrogens with zero attached hydrogens (tertiary/aromatic N) is 3. The molecule has 4 amide bonds. The summed E-state index contributed by atoms with van der Waals surface area (Å²) < 4.78 is 5.18. The molecule has 0 spiro atoms. The number of imide groups is 2. The smallest absolute Gasteiger partial charge is 0.335 e. The standard InChI is InChI=1S/C19H16N4O6/c1-11-7-8-12(23(27)28)9-14(11)20-10-13-17(24)21-19(26)22(18(13)25)15-5-3-4-6-16(15)29-2/h3-10,13H,1-2H3,(H,21,24,26)/t13-/m1/s1. The van der Waals surface area contributed by atoms with E-state index >= 15 is 0 Å². The fourth-order valence-electron chi connectivity index (χ4n) is 2.77. The number of barbiturate groups is 1. The average Bonchev–Trinajstić information content (AvgIpc) is 2.69. The van der Waals surface area contributed by atoms with Crippen LogP contribution in [0.3, 0.4) is 0 Å². The molecule has 1 atom stereocenters. The van der Waals surface area contributed by atoms with Crippen molar-refractivity contribution in [3.63, 3.8) is 0 Å². The molecule has 29 heavy (non-hydrogen) atoms. The minimum Gasteiger partial charge on any atom is -0.495 e. The van der Waals surface area contributed by atoms with E-state index in [9.17, 15) is 24.5 Å². The summed E-state index contributed by atoms with van der Waals surface area (Å²) in [6.45, 7) is 1.68. The minimum absolute atomic E-state index is 0.173. The molecule has 0 aromatic heterocycles. The molecule has 10 nitrogen and oxygen atoms in total. The van der Waals surface area contributed by atoms with Gasteiger partial charge in [-0.3, -0.25) is 30.0 Å². The zero-order valence-corrected chi connectivity index (χ0v) is 15.5. The van der Waals surface area contributed by atoms with Crippen molar-refractivity contribution in [1.29, 1.82) is 0 Å². The van der Waals surface area contributed by atoms with Gasteiger partial charge in [0.15, 0.2) is 5.92 Å². The van der Waals surface area contributed by atoms with E-state index in [0.29, 0.717) is 5.56 Å². The van der Waals surface area contributed by atoms with E-state index in [4.69, 9.17) is 4.74 Å². The maximum Gasteiger partial charge on any atom is 0.335 e. The Morgan fingerprint density at radius 1 is 1.21 bits per heavy atom. The number of benzene rings is 2. The van der Waals surface area contributed by atoms with Gasteiger partial charge in [0.25, 0.3) is 11.6 Å². The van der Waals surface area contributed by atoms with E-state index < -0.39 is 28.7 Å². The van der Waals surface area contributed by atoms with Crippen molar-refractivity contribution in [3.05, 3.63) is 58.1 Å². The lowest BCUT2D eigenvalue weighted by atomic mass is 10.1. The molecule has 1 saturated heterocycles. The number of non-ortho nitro benzene ring substituents is 1. The summed E-state index contributed by atoms with van der Waals surface area (Å²) in [7, 11) is 1.39. The number of urea groups is 1. The Hall–Kier alpha value is -4.08. The van der Waals surface area contributed by atoms with Crippen molar-refractivity contribution >= 4 is 41.1 Å². The van der Waals surface area contributed by atoms with E-state index in [1.165, 1.54) is 31.4 Å². The molecule has 10 heteroatoms. The van der Waals surface area contributed by atoms with E-state index in [0.717, 1.165) is 11.1 Å². The molecule has 0 unspecified atom stereocenters. The maximum absolute atomic E-state index is 12.9. The molecule has 2 aromatic rings. The number of carbonyl (C=O) groups excluding carboxylic acids is 3. The van der Waals surface area contributed by atoms with Crippen LogP contribution in [0.25, 0.3) is 0 Å². The molecule has 1 N–H and O–H groups in total. The van der Waals surface area contributed by atoms with Gasteiger partial charge in [0.05, 0.1) is 23.4 Å². The first-order chi connectivity index (χ1) is 13.8. The van der Waals surface area contributed by atoms with Crippen molar-refractivity contribution in [2.45, 2.75) is 6.92 Å². The van der Waals surface area contributed by atoms with Crippen LogP contribution in [0.5, 0.6) is 5.75 Å². The quantitative estimate of drug-likeness (QED) is 0.357. The van der Waals surface area contributed by atoms with E-state index in [-0.39, 0.29) is 22.8 Å². The fourth-order valence-corrected chi connectivity index (χ4v) is 2.77. The Morgan fingerprint density at radius 2 is 1.93 bits per heavy atom. The number of nitro benzene ring substituents is 1. The summed E-state index contributed by atoms with van der Waals surface area (Å²) in [5, 5.41) is 13.1. The summed E-state index contributed by atoms with van der Waals surface area (Å²) in [5.41, 5.74) is 0.858. The Bertz CT molecular complexity index is 1050. The van der Waals surface area contributed by atoms with Crippen LogP contribution in [0.1, 0.15) is 5.56 Å². The lowest BCUT2D eigenvalue weighted by Crippen LogP contribution is -2.58. The maximum atomic E-state index is 12.9. The monoisotopic (exact) mass is 396 g/mol. The summed E-state index contributed by atoms with van der Waals surface area (Å²) in [6.07, 6.45) is 1.07. The summed E-state index contributed by atoms with van der Waals surface area (Å²) in [5.74, 6) is -2.76. The van der Waals surface area contributed by atoms with Crippen LogP contribution in [-0.2, 0) is 9.59 Å². The molecule has 1 aliphatic heterocycles. The molecule has 0 saturated carbocycles. The van der Waals surface area contributed by atoms with Gasteiger partial charge in [-0.05, 0) is 24.6 Å². The molecular formula is C19H16N4O6. The number of aryl methyl sites for hydroxylation is 1. The highest BCUT2D eigenvalue weighted by Gasteiger charge is 2.41. The summed E-state index contributed by atoms with van der Waals surface area (Å²) in [6, 6.07) is 9.54. The first-order valence-electron chi connectivity index (χ1n) is 8.44. The predicted octanol–water partition coefficient (Wildman–Crippen LogP) is 2.51. The van der Waals surface area contributed by atoms with Gasteiger partial charge in [0.1, 0.15) is 5.75 Å². The summed E-state index contributed by atoms with van der Waals surface area (Å²) >= 11 is 0. The Labute approximate surface area is 164 Å². The molecular weight excluding hydrogens is 380 g/mol. The second kappa shape index (κ2) is 7.89. The van der Waals surface area contributed by atoms with Gasteiger partial charge in [-0.15, -0.1) is 0 Å². The van der Waals surface area contributed by atoms with Crippen molar-refractivity contribution in [3.8, 4) is 5.75 Å². The lowest BCUT2D eigenvalue weighted by molar-refractivity contribution is -0.384. The van der Waals surface area contributed by atoms with E-state index in [2.05, 4.69) is 10.3 Å². The molecule has 148 valence electrons. The molecule has 0 bridgehead atoms. The van der Waals surface area contributed by atoms with Crippen molar-refractivity contribution in [2.24, 2.45) is 10.9 Å². The second-order valence-electron chi connectivity index (χ2n) is 6.12. The van der Waals surface area contributed by atoms with Crippen LogP contribution in [0.15, 0.2) is 47.5 Å². The summed E-state index contributed by atoms with van der Waals surface area (Å²) in [4.78, 5) is 52.6. The molecule has 1 aliphatic rings. The molecule has 0 radical (unpaired) electrons. The predicted molar refractivity (Wildman–Crippen MR) is 103 cm³/mol. The topological polar surface area (TPSA) is 131 Å². The van der Waals surface area contributed by atoms with Gasteiger partial charge in [-0.25, -0.2) is 9.69 Å². The van der Waals surface area contributed by atoms with Gasteiger partial charge >= 0.3 is 6.03 Å². The SMILES string of the molecule is COc1ccccc1N1C(=O)NC(=O)[C@@H](C=Nc2cc([N+](=O)[O-])ccc2C)C1=O. The molecule has 3 rings (SSSR count). The van der Waals surface area contributed by atoms with Gasteiger partial charge in [-0.2, -0.15) is 0 Å². The third kappa shape index (κ3) is 3.81. The van der Waals surface area contributed by atoms with Crippen molar-refractivity contribution in [2.75, 3.05) is 12.0 Å². The first kappa shape index (κ1) is 19.7. The highest BCUT2D eigenvalue weighted by atomic mass is 16.6. The number of hydrogen-bond acceptors (Lipinski definition) is 7. The van der Waals surface area contributed by atoms with Crippen molar-refractivity contribution in [1.82, 2.24) is 5.32 Å². The number of nitro groups is 1. The number of carbonyl (C=O) groups is 3. The van der Waals surface area contributed by atoms with Gasteiger partial charge < -0.3 is 4.74 Å². The number of nitrogens with one attached hydrogen (secondary N) is 1. The van der Waals surface area contributed by atoms with E-state index in [1.807, 2.05) is 0 Å². The fraction of sp³-hybridized carbons (Fsp3) is 0.158. The number of rotatable bonds is 5. The lowest BCUT2D eigenvalue weighted by Gasteiger charge is -2.29. The van der Waals surface area contributed by atoms with Gasteiger partial charge in [0.2, 0.25) is 5.91 Å². The number of aliphatic imine (C=N–C) groups is 1. The average molecular weight is 396 g/mol. The first-order valence-corrected chi connectivity index (χ1v) is 8.44. The minimum atomic E-state index is -1.39. The third-order valence-electron chi connectivity index (χ3n) is 4.29. The number of amides is 4. The Morgan fingerprint density at radius 3 is 2.62 bits per heavy atom. The van der Waals surface area contributed by atoms with Crippen LogP contribution < -0.4 is 15.0 Å². The number of para-hydroxylation sites is 2. The zero-order valence-electron chi connectivity index (χ0n) is 15.5.